The molecule has 5 nitrogen and oxygen atoms in total. The zero-order valence-corrected chi connectivity index (χ0v) is 15.2. The fourth-order valence-electron chi connectivity index (χ4n) is 3.33. The molecule has 0 bridgehead atoms. The zero-order chi connectivity index (χ0) is 17.5. The van der Waals surface area contributed by atoms with E-state index in [1.54, 1.807) is 14.2 Å². The number of carbonyl (C=O) groups excluding carboxylic acids is 1. The third-order valence-corrected chi connectivity index (χ3v) is 4.93. The van der Waals surface area contributed by atoms with Crippen LogP contribution in [-0.2, 0) is 4.79 Å². The fraction of sp³-hybridized carbons (Fsp3) is 0.632. The molecule has 5 heteroatoms. The van der Waals surface area contributed by atoms with Crippen LogP contribution in [0.4, 0.5) is 0 Å². The molecule has 1 fully saturated rings. The van der Waals surface area contributed by atoms with Crippen LogP contribution in [0.15, 0.2) is 18.2 Å². The maximum Gasteiger partial charge on any atom is 0.220 e. The molecule has 2 rings (SSSR count). The van der Waals surface area contributed by atoms with Crippen LogP contribution in [-0.4, -0.2) is 33.2 Å². The summed E-state index contributed by atoms with van der Waals surface area (Å²) in [5, 5.41) is 6.52. The van der Waals surface area contributed by atoms with Gasteiger partial charge in [-0.1, -0.05) is 13.0 Å². The van der Waals surface area contributed by atoms with Crippen LogP contribution in [0, 0.1) is 11.8 Å². The Morgan fingerprint density at radius 1 is 1.29 bits per heavy atom. The van der Waals surface area contributed by atoms with Crippen LogP contribution in [0.25, 0.3) is 0 Å². The van der Waals surface area contributed by atoms with Gasteiger partial charge in [-0.05, 0) is 62.4 Å². The summed E-state index contributed by atoms with van der Waals surface area (Å²) in [6, 6.07) is 5.68. The van der Waals surface area contributed by atoms with Gasteiger partial charge in [0, 0.05) is 6.42 Å². The molecule has 0 spiro atoms. The molecule has 1 aromatic carbocycles. The largest absolute Gasteiger partial charge is 0.493 e. The number of methoxy groups -OCH3 is 2. The molecule has 1 aliphatic heterocycles. The van der Waals surface area contributed by atoms with Crippen LogP contribution >= 0.6 is 0 Å². The van der Waals surface area contributed by atoms with Crippen molar-refractivity contribution >= 4 is 5.91 Å². The van der Waals surface area contributed by atoms with Gasteiger partial charge in [0.05, 0.1) is 20.3 Å². The van der Waals surface area contributed by atoms with Crippen molar-refractivity contribution in [3.8, 4) is 11.5 Å². The SMILES string of the molecule is COc1ccc(C(C)NC(=O)CC(C)C2CCCNC2)cc1OC. The van der Waals surface area contributed by atoms with Crippen LogP contribution in [0.5, 0.6) is 11.5 Å². The van der Waals surface area contributed by atoms with E-state index >= 15 is 0 Å². The summed E-state index contributed by atoms with van der Waals surface area (Å²) in [5.41, 5.74) is 1.01. The Morgan fingerprint density at radius 3 is 2.67 bits per heavy atom. The summed E-state index contributed by atoms with van der Waals surface area (Å²) in [7, 11) is 3.23. The molecule has 2 N–H and O–H groups in total. The molecule has 3 atom stereocenters. The minimum atomic E-state index is -0.0611. The molecular formula is C19H30N2O3. The van der Waals surface area contributed by atoms with Gasteiger partial charge in [0.25, 0.3) is 0 Å². The van der Waals surface area contributed by atoms with Crippen LogP contribution < -0.4 is 20.1 Å². The molecule has 1 heterocycles. The third kappa shape index (κ3) is 4.87. The van der Waals surface area contributed by atoms with Gasteiger partial charge in [0.1, 0.15) is 0 Å². The first-order valence-electron chi connectivity index (χ1n) is 8.77. The summed E-state index contributed by atoms with van der Waals surface area (Å²) in [5.74, 6) is 2.47. The van der Waals surface area contributed by atoms with Gasteiger partial charge in [-0.25, -0.2) is 0 Å². The highest BCUT2D eigenvalue weighted by atomic mass is 16.5. The van der Waals surface area contributed by atoms with Crippen molar-refractivity contribution in [1.82, 2.24) is 10.6 Å². The van der Waals surface area contributed by atoms with Gasteiger partial charge in [0.15, 0.2) is 11.5 Å². The Labute approximate surface area is 145 Å². The predicted molar refractivity (Wildman–Crippen MR) is 95.5 cm³/mol. The first-order chi connectivity index (χ1) is 11.5. The molecule has 24 heavy (non-hydrogen) atoms. The first kappa shape index (κ1) is 18.6. The summed E-state index contributed by atoms with van der Waals surface area (Å²) in [4.78, 5) is 12.4. The molecule has 3 unspecified atom stereocenters. The maximum atomic E-state index is 12.4. The van der Waals surface area contributed by atoms with Crippen LogP contribution in [0.2, 0.25) is 0 Å². The molecule has 134 valence electrons. The van der Waals surface area contributed by atoms with Gasteiger partial charge in [-0.3, -0.25) is 4.79 Å². The van der Waals surface area contributed by atoms with E-state index in [1.165, 1.54) is 12.8 Å². The molecule has 0 aromatic heterocycles. The van der Waals surface area contributed by atoms with E-state index in [0.29, 0.717) is 29.8 Å². The topological polar surface area (TPSA) is 59.6 Å². The molecule has 1 saturated heterocycles. The Hall–Kier alpha value is -1.75. The summed E-state index contributed by atoms with van der Waals surface area (Å²) in [6.07, 6.45) is 3.00. The molecule has 0 saturated carbocycles. The Morgan fingerprint density at radius 2 is 2.04 bits per heavy atom. The summed E-state index contributed by atoms with van der Waals surface area (Å²) >= 11 is 0. The predicted octanol–water partition coefficient (Wildman–Crippen LogP) is 2.91. The van der Waals surface area contributed by atoms with Crippen molar-refractivity contribution < 1.29 is 14.3 Å². The van der Waals surface area contributed by atoms with E-state index in [0.717, 1.165) is 18.7 Å². The normalized spacial score (nSPS) is 20.1. The molecule has 1 aromatic rings. The Bertz CT molecular complexity index is 541. The fourth-order valence-corrected chi connectivity index (χ4v) is 3.33. The number of carbonyl (C=O) groups is 1. The van der Waals surface area contributed by atoms with Crippen molar-refractivity contribution in [2.45, 2.75) is 39.2 Å². The van der Waals surface area contributed by atoms with E-state index in [2.05, 4.69) is 17.6 Å². The number of hydrogen-bond donors (Lipinski definition) is 2. The van der Waals surface area contributed by atoms with Gasteiger partial charge >= 0.3 is 0 Å². The molecule has 0 aliphatic carbocycles. The number of rotatable bonds is 7. The average molecular weight is 334 g/mol. The van der Waals surface area contributed by atoms with Crippen LogP contribution in [0.1, 0.15) is 44.7 Å². The highest BCUT2D eigenvalue weighted by Gasteiger charge is 2.22. The highest BCUT2D eigenvalue weighted by Crippen LogP contribution is 2.30. The number of amides is 1. The van der Waals surface area contributed by atoms with Crippen molar-refractivity contribution in [3.05, 3.63) is 23.8 Å². The number of ether oxygens (including phenoxy) is 2. The summed E-state index contributed by atoms with van der Waals surface area (Å²) in [6.45, 7) is 6.30. The number of piperidine rings is 1. The lowest BCUT2D eigenvalue weighted by molar-refractivity contribution is -0.123. The first-order valence-corrected chi connectivity index (χ1v) is 8.77. The second kappa shape index (κ2) is 8.92. The van der Waals surface area contributed by atoms with E-state index in [4.69, 9.17) is 9.47 Å². The third-order valence-electron chi connectivity index (χ3n) is 4.93. The number of hydrogen-bond acceptors (Lipinski definition) is 4. The lowest BCUT2D eigenvalue weighted by Crippen LogP contribution is -2.36. The minimum Gasteiger partial charge on any atom is -0.493 e. The molecule has 0 radical (unpaired) electrons. The van der Waals surface area contributed by atoms with Crippen molar-refractivity contribution in [1.29, 1.82) is 0 Å². The van der Waals surface area contributed by atoms with Gasteiger partial charge in [-0.2, -0.15) is 0 Å². The zero-order valence-electron chi connectivity index (χ0n) is 15.2. The van der Waals surface area contributed by atoms with Gasteiger partial charge in [-0.15, -0.1) is 0 Å². The van der Waals surface area contributed by atoms with E-state index < -0.39 is 0 Å². The highest BCUT2D eigenvalue weighted by molar-refractivity contribution is 5.76. The van der Waals surface area contributed by atoms with Crippen LogP contribution in [0.3, 0.4) is 0 Å². The Kier molecular flexibility index (Phi) is 6.91. The molecular weight excluding hydrogens is 304 g/mol. The van der Waals surface area contributed by atoms with E-state index in [9.17, 15) is 4.79 Å². The standard InChI is InChI=1S/C19H30N2O3/c1-13(16-6-5-9-20-12-16)10-19(22)21-14(2)15-7-8-17(23-3)18(11-15)24-4/h7-8,11,13-14,16,20H,5-6,9-10,12H2,1-4H3,(H,21,22). The van der Waals surface area contributed by atoms with E-state index in [-0.39, 0.29) is 11.9 Å². The monoisotopic (exact) mass is 334 g/mol. The number of benzene rings is 1. The van der Waals surface area contributed by atoms with Gasteiger partial charge < -0.3 is 20.1 Å². The molecule has 1 amide bonds. The summed E-state index contributed by atoms with van der Waals surface area (Å²) < 4.78 is 10.6. The minimum absolute atomic E-state index is 0.0611. The maximum absolute atomic E-state index is 12.4. The lowest BCUT2D eigenvalue weighted by atomic mass is 9.85. The van der Waals surface area contributed by atoms with Crippen molar-refractivity contribution in [2.24, 2.45) is 11.8 Å². The number of nitrogens with one attached hydrogen (secondary N) is 2. The lowest BCUT2D eigenvalue weighted by Gasteiger charge is -2.28. The second-order valence-corrected chi connectivity index (χ2v) is 6.69. The second-order valence-electron chi connectivity index (χ2n) is 6.69. The quantitative estimate of drug-likeness (QED) is 0.805. The van der Waals surface area contributed by atoms with E-state index in [1.807, 2.05) is 25.1 Å². The average Bonchev–Trinajstić information content (AvgIpc) is 2.61. The van der Waals surface area contributed by atoms with Crippen molar-refractivity contribution in [2.75, 3.05) is 27.3 Å². The van der Waals surface area contributed by atoms with Crippen molar-refractivity contribution in [3.63, 3.8) is 0 Å². The smallest absolute Gasteiger partial charge is 0.220 e. The molecule has 1 aliphatic rings. The Balaban J connectivity index is 1.91. The van der Waals surface area contributed by atoms with Gasteiger partial charge in [0.2, 0.25) is 5.91 Å².